The second kappa shape index (κ2) is 1.17. The van der Waals surface area contributed by atoms with Gasteiger partial charge in [-0.15, -0.1) is 0 Å². The predicted molar refractivity (Wildman–Crippen MR) is 20.8 cm³/mol. The zero-order valence-electron chi connectivity index (χ0n) is 2.12. The molecule has 0 aliphatic rings. The maximum Gasteiger partial charge on any atom is 0.263 e. The molecule has 0 fully saturated rings. The van der Waals surface area contributed by atoms with Crippen molar-refractivity contribution in [3.8, 4) is 0 Å². The fourth-order valence-electron chi connectivity index (χ4n) is 0. The maximum absolute atomic E-state index is 9.11. The molecule has 5 heteroatoms. The van der Waals surface area contributed by atoms with E-state index >= 15 is 0 Å². The van der Waals surface area contributed by atoms with E-state index in [1.807, 2.05) is 0 Å². The Morgan fingerprint density at radius 3 is 1.60 bits per heavy atom. The summed E-state index contributed by atoms with van der Waals surface area (Å²) in [5.41, 5.74) is 0. The molecular formula is H2O3S2. The van der Waals surface area contributed by atoms with Crippen LogP contribution in [0.2, 0.25) is 0 Å². The van der Waals surface area contributed by atoms with Crippen LogP contribution in [0, 0.1) is 0 Å². The average molecular weight is 116 g/mol. The van der Waals surface area contributed by atoms with Gasteiger partial charge in [0.15, 0.2) is 0 Å². The molecule has 0 aromatic carbocycles. The van der Waals surface area contributed by atoms with Gasteiger partial charge in [-0.25, -0.2) is 0 Å². The van der Waals surface area contributed by atoms with Gasteiger partial charge in [-0.3, -0.25) is 9.11 Å². The summed E-state index contributed by atoms with van der Waals surface area (Å²) in [7, 11) is -3.83. The van der Waals surface area contributed by atoms with Gasteiger partial charge in [-0.2, -0.15) is 4.21 Å². The average Bonchev–Trinajstić information content (AvgIpc) is 0.722. The van der Waals surface area contributed by atoms with Crippen molar-refractivity contribution >= 4 is 20.2 Å². The van der Waals surface area contributed by atoms with E-state index in [0.29, 0.717) is 0 Å². The van der Waals surface area contributed by atoms with Crippen molar-refractivity contribution in [2.24, 2.45) is 0 Å². The molecule has 0 saturated heterocycles. The highest BCUT2D eigenvalue weighted by atomic mass is 34.3. The van der Waals surface area contributed by atoms with Crippen LogP contribution in [0.25, 0.3) is 0 Å². The van der Waals surface area contributed by atoms with E-state index in [0.717, 1.165) is 0 Å². The first-order chi connectivity index (χ1) is 2.00. The van der Waals surface area contributed by atoms with Crippen LogP contribution in [0.4, 0.5) is 0 Å². The molecule has 2 N–H and O–H groups in total. The Morgan fingerprint density at radius 2 is 1.60 bits per heavy atom. The lowest BCUT2D eigenvalue weighted by atomic mass is 15.9. The second-order valence-corrected chi connectivity index (χ2v) is 2.65. The predicted octanol–water partition coefficient (Wildman–Crippen LogP) is -0.321. The molecule has 0 aromatic rings. The van der Waals surface area contributed by atoms with Gasteiger partial charge in [0.05, 0.1) is 0 Å². The third kappa shape index (κ3) is 268. The quantitative estimate of drug-likeness (QED) is 0.426. The molecule has 0 aromatic heterocycles. The number of hydrogen-bond acceptors (Lipinski definition) is 2. The first-order valence-electron chi connectivity index (χ1n) is 0.698. The Kier molecular flexibility index (Phi) is 1.24. The highest BCUT2D eigenvalue weighted by Crippen LogP contribution is 1.62. The maximum atomic E-state index is 9.11. The Morgan fingerprint density at radius 1 is 1.60 bits per heavy atom. The lowest BCUT2D eigenvalue weighted by Gasteiger charge is -1.73. The highest BCUT2D eigenvalue weighted by molar-refractivity contribution is 8.26. The summed E-state index contributed by atoms with van der Waals surface area (Å²) in [5, 5.41) is 0. The fourth-order valence-corrected chi connectivity index (χ4v) is 0. The van der Waals surface area contributed by atoms with Crippen molar-refractivity contribution in [2.45, 2.75) is 0 Å². The molecule has 32 valence electrons. The van der Waals surface area contributed by atoms with Gasteiger partial charge in [-0.1, -0.05) is 0 Å². The number of rotatable bonds is 0. The molecule has 0 aliphatic carbocycles. The number of hydrogen-bond donors (Lipinski definition) is 2. The SMILES string of the molecule is O=[34S](O)(O)=S. The topological polar surface area (TPSA) is 57.5 Å². The minimum Gasteiger partial charge on any atom is -0.285 e. The summed E-state index contributed by atoms with van der Waals surface area (Å²) < 4.78 is 24.0. The van der Waals surface area contributed by atoms with Gasteiger partial charge in [0, 0.05) is 11.2 Å². The second-order valence-electron chi connectivity index (χ2n) is 0.448. The fraction of sp³-hybridized carbons (Fsp3) is 0. The van der Waals surface area contributed by atoms with Crippen LogP contribution in [0.15, 0.2) is 0 Å². The molecule has 0 bridgehead atoms. The van der Waals surface area contributed by atoms with E-state index in [-0.39, 0.29) is 0 Å². The van der Waals surface area contributed by atoms with E-state index in [1.54, 1.807) is 0 Å². The van der Waals surface area contributed by atoms with Crippen LogP contribution in [0.1, 0.15) is 0 Å². The highest BCUT2D eigenvalue weighted by Gasteiger charge is 1.78. The molecule has 0 saturated carbocycles. The zero-order chi connectivity index (χ0) is 4.50. The van der Waals surface area contributed by atoms with E-state index in [1.165, 1.54) is 0 Å². The molecule has 0 atom stereocenters. The minimum absolute atomic E-state index is 3.47. The third-order valence-corrected chi connectivity index (χ3v) is 0. The summed E-state index contributed by atoms with van der Waals surface area (Å²) in [4.78, 5) is 0. The van der Waals surface area contributed by atoms with E-state index in [2.05, 4.69) is 11.2 Å². The van der Waals surface area contributed by atoms with Crippen LogP contribution in [0.3, 0.4) is 0 Å². The molecule has 0 heterocycles. The molecule has 0 aliphatic heterocycles. The van der Waals surface area contributed by atoms with Crippen molar-refractivity contribution < 1.29 is 13.3 Å². The van der Waals surface area contributed by atoms with Crippen LogP contribution in [0.5, 0.6) is 0 Å². The van der Waals surface area contributed by atoms with Crippen molar-refractivity contribution in [1.29, 1.82) is 0 Å². The van der Waals surface area contributed by atoms with E-state index in [9.17, 15) is 0 Å². The smallest absolute Gasteiger partial charge is 0.263 e. The molecular weight excluding hydrogens is 114 g/mol. The van der Waals surface area contributed by atoms with Crippen LogP contribution in [-0.2, 0) is 20.2 Å². The monoisotopic (exact) mass is 116 g/mol. The standard InChI is InChI=1S/H2O3S2/c1-5(2,3)4/h(H2,1,2,3,4)/i5+2. The van der Waals surface area contributed by atoms with Gasteiger partial charge in [0.25, 0.3) is 9.05 Å². The minimum atomic E-state index is -3.83. The van der Waals surface area contributed by atoms with Crippen molar-refractivity contribution in [2.75, 3.05) is 0 Å². The summed E-state index contributed by atoms with van der Waals surface area (Å²) in [6.45, 7) is 0. The van der Waals surface area contributed by atoms with Crippen molar-refractivity contribution in [1.82, 2.24) is 0 Å². The Bertz CT molecular complexity index is 88.1. The van der Waals surface area contributed by atoms with E-state index in [4.69, 9.17) is 13.3 Å². The molecule has 0 spiro atoms. The molecule has 5 heavy (non-hydrogen) atoms. The lowest BCUT2D eigenvalue weighted by molar-refractivity contribution is 0.450. The zero-order valence-corrected chi connectivity index (χ0v) is 3.75. The van der Waals surface area contributed by atoms with Gasteiger partial charge in [-0.05, 0) is 0 Å². The van der Waals surface area contributed by atoms with Crippen molar-refractivity contribution in [3.05, 3.63) is 0 Å². The summed E-state index contributed by atoms with van der Waals surface area (Å²) in [5.74, 6) is 0. The summed E-state index contributed by atoms with van der Waals surface area (Å²) in [6.07, 6.45) is 0. The van der Waals surface area contributed by atoms with Gasteiger partial charge in [0.1, 0.15) is 0 Å². The first-order valence-corrected chi connectivity index (χ1v) is 3.10. The molecule has 0 radical (unpaired) electrons. The van der Waals surface area contributed by atoms with Crippen molar-refractivity contribution in [3.63, 3.8) is 0 Å². The Balaban J connectivity index is 4.06. The van der Waals surface area contributed by atoms with Gasteiger partial charge < -0.3 is 0 Å². The Labute approximate surface area is 34.3 Å². The van der Waals surface area contributed by atoms with Gasteiger partial charge >= 0.3 is 0 Å². The first kappa shape index (κ1) is 5.29. The van der Waals surface area contributed by atoms with Crippen LogP contribution >= 0.6 is 0 Å². The molecule has 3 nitrogen and oxygen atoms in total. The lowest BCUT2D eigenvalue weighted by Crippen LogP contribution is -1.86. The Hall–Kier alpha value is 0.290. The molecule has 0 unspecified atom stereocenters. The third-order valence-electron chi connectivity index (χ3n) is 0. The summed E-state index contributed by atoms with van der Waals surface area (Å²) >= 11 is 3.47. The van der Waals surface area contributed by atoms with Crippen LogP contribution in [-0.4, -0.2) is 13.3 Å². The molecule has 0 rings (SSSR count). The molecule has 0 amide bonds. The normalized spacial score (nSPS) is 11.6. The summed E-state index contributed by atoms with van der Waals surface area (Å²) in [6, 6.07) is 0. The van der Waals surface area contributed by atoms with E-state index < -0.39 is 9.05 Å². The van der Waals surface area contributed by atoms with Crippen LogP contribution < -0.4 is 0 Å². The largest absolute Gasteiger partial charge is 0.285 e. The van der Waals surface area contributed by atoms with Gasteiger partial charge in [0.2, 0.25) is 0 Å².